The number of hydrogen-bond acceptors (Lipinski definition) is 4. The Morgan fingerprint density at radius 2 is 1.58 bits per heavy atom. The van der Waals surface area contributed by atoms with E-state index in [0.29, 0.717) is 5.82 Å². The molecule has 4 nitrogen and oxygen atoms in total. The van der Waals surface area contributed by atoms with Crippen LogP contribution in [0.5, 0.6) is 0 Å². The van der Waals surface area contributed by atoms with Gasteiger partial charge in [0.15, 0.2) is 5.82 Å². The van der Waals surface area contributed by atoms with E-state index in [1.54, 1.807) is 12.1 Å². The summed E-state index contributed by atoms with van der Waals surface area (Å²) < 4.78 is 13.3. The van der Waals surface area contributed by atoms with Crippen molar-refractivity contribution in [1.29, 1.82) is 0 Å². The molecule has 0 bridgehead atoms. The van der Waals surface area contributed by atoms with Crippen molar-refractivity contribution >= 4 is 5.82 Å². The minimum Gasteiger partial charge on any atom is -0.356 e. The van der Waals surface area contributed by atoms with E-state index in [1.807, 2.05) is 36.4 Å². The number of rotatable bonds is 3. The minimum absolute atomic E-state index is 0.262. The fraction of sp³-hybridized carbons (Fsp3) is 0.238. The molecule has 0 radical (unpaired) electrons. The monoisotopic (exact) mass is 348 g/mol. The van der Waals surface area contributed by atoms with E-state index in [0.717, 1.165) is 48.6 Å². The molecule has 0 aliphatic carbocycles. The number of benzene rings is 2. The summed E-state index contributed by atoms with van der Waals surface area (Å²) in [7, 11) is 0. The van der Waals surface area contributed by atoms with Crippen molar-refractivity contribution in [2.75, 3.05) is 18.0 Å². The molecule has 2 heterocycles. The Labute approximate surface area is 152 Å². The van der Waals surface area contributed by atoms with Gasteiger partial charge in [0, 0.05) is 36.3 Å². The molecule has 0 atom stereocenters. The molecule has 26 heavy (non-hydrogen) atoms. The molecule has 1 aliphatic rings. The zero-order valence-corrected chi connectivity index (χ0v) is 14.5. The number of halogens is 1. The van der Waals surface area contributed by atoms with Crippen LogP contribution in [0.2, 0.25) is 0 Å². The first kappa shape index (κ1) is 16.7. The largest absolute Gasteiger partial charge is 0.356 e. The highest BCUT2D eigenvalue weighted by atomic mass is 19.1. The van der Waals surface area contributed by atoms with Crippen LogP contribution >= 0.6 is 0 Å². The van der Waals surface area contributed by atoms with Crippen LogP contribution in [-0.4, -0.2) is 29.1 Å². The van der Waals surface area contributed by atoms with Crippen molar-refractivity contribution in [3.8, 4) is 22.6 Å². The maximum absolute atomic E-state index is 13.3. The number of piperidine rings is 1. The zero-order chi connectivity index (χ0) is 17.9. The maximum Gasteiger partial charge on any atom is 0.162 e. The van der Waals surface area contributed by atoms with Gasteiger partial charge in [-0.3, -0.25) is 0 Å². The second-order valence-corrected chi connectivity index (χ2v) is 6.63. The fourth-order valence-electron chi connectivity index (χ4n) is 3.21. The third kappa shape index (κ3) is 3.58. The maximum atomic E-state index is 13.3. The third-order valence-electron chi connectivity index (χ3n) is 4.75. The topological polar surface area (TPSA) is 55.0 Å². The molecule has 4 rings (SSSR count). The lowest BCUT2D eigenvalue weighted by atomic mass is 10.1. The van der Waals surface area contributed by atoms with Crippen molar-refractivity contribution in [3.63, 3.8) is 0 Å². The highest BCUT2D eigenvalue weighted by molar-refractivity contribution is 5.68. The van der Waals surface area contributed by atoms with Crippen molar-refractivity contribution in [2.45, 2.75) is 18.9 Å². The van der Waals surface area contributed by atoms with E-state index in [1.165, 1.54) is 12.1 Å². The Morgan fingerprint density at radius 3 is 2.27 bits per heavy atom. The van der Waals surface area contributed by atoms with Gasteiger partial charge in [0.05, 0.1) is 5.69 Å². The lowest BCUT2D eigenvalue weighted by Gasteiger charge is -2.31. The van der Waals surface area contributed by atoms with Crippen molar-refractivity contribution < 1.29 is 4.39 Å². The summed E-state index contributed by atoms with van der Waals surface area (Å²) in [6.45, 7) is 1.77. The molecular formula is C21H21FN4. The van der Waals surface area contributed by atoms with Gasteiger partial charge in [0.25, 0.3) is 0 Å². The number of hydrogen-bond donors (Lipinski definition) is 1. The zero-order valence-electron chi connectivity index (χ0n) is 14.5. The Balaban J connectivity index is 1.78. The Morgan fingerprint density at radius 1 is 0.885 bits per heavy atom. The minimum atomic E-state index is -0.266. The summed E-state index contributed by atoms with van der Waals surface area (Å²) in [5.41, 5.74) is 8.74. The SMILES string of the molecule is NC1CCN(c2cc(-c3ccccc3)nc(-c3ccc(F)cc3)n2)CC1. The average Bonchev–Trinajstić information content (AvgIpc) is 2.69. The van der Waals surface area contributed by atoms with Gasteiger partial charge in [0.2, 0.25) is 0 Å². The molecule has 1 fully saturated rings. The lowest BCUT2D eigenvalue weighted by Crippen LogP contribution is -2.40. The van der Waals surface area contributed by atoms with E-state index in [4.69, 9.17) is 15.7 Å². The third-order valence-corrected chi connectivity index (χ3v) is 4.75. The average molecular weight is 348 g/mol. The second kappa shape index (κ2) is 7.22. The van der Waals surface area contributed by atoms with Gasteiger partial charge < -0.3 is 10.6 Å². The Bertz CT molecular complexity index is 872. The number of nitrogens with zero attached hydrogens (tertiary/aromatic N) is 3. The standard InChI is InChI=1S/C21H21FN4/c22-17-8-6-16(7-9-17)21-24-19(15-4-2-1-3-5-15)14-20(25-21)26-12-10-18(23)11-13-26/h1-9,14,18H,10-13,23H2. The highest BCUT2D eigenvalue weighted by Crippen LogP contribution is 2.27. The van der Waals surface area contributed by atoms with Crippen molar-refractivity contribution in [2.24, 2.45) is 5.73 Å². The molecule has 1 aliphatic heterocycles. The van der Waals surface area contributed by atoms with Crippen LogP contribution in [0, 0.1) is 5.82 Å². The first-order valence-electron chi connectivity index (χ1n) is 8.90. The quantitative estimate of drug-likeness (QED) is 0.780. The first-order chi connectivity index (χ1) is 12.7. The van der Waals surface area contributed by atoms with E-state index >= 15 is 0 Å². The summed E-state index contributed by atoms with van der Waals surface area (Å²) in [5.74, 6) is 1.24. The van der Waals surface area contributed by atoms with Crippen LogP contribution in [0.4, 0.5) is 10.2 Å². The van der Waals surface area contributed by atoms with E-state index in [2.05, 4.69) is 4.90 Å². The first-order valence-corrected chi connectivity index (χ1v) is 8.90. The van der Waals surface area contributed by atoms with Gasteiger partial charge in [-0.1, -0.05) is 30.3 Å². The Kier molecular flexibility index (Phi) is 4.63. The lowest BCUT2D eigenvalue weighted by molar-refractivity contribution is 0.498. The summed E-state index contributed by atoms with van der Waals surface area (Å²) in [6, 6.07) is 18.6. The van der Waals surface area contributed by atoms with Gasteiger partial charge in [-0.25, -0.2) is 14.4 Å². The highest BCUT2D eigenvalue weighted by Gasteiger charge is 2.19. The number of aromatic nitrogens is 2. The van der Waals surface area contributed by atoms with Gasteiger partial charge >= 0.3 is 0 Å². The second-order valence-electron chi connectivity index (χ2n) is 6.63. The summed E-state index contributed by atoms with van der Waals surface area (Å²) in [6.07, 6.45) is 1.91. The van der Waals surface area contributed by atoms with Gasteiger partial charge in [-0.2, -0.15) is 0 Å². The Hall–Kier alpha value is -2.79. The molecule has 0 unspecified atom stereocenters. The molecule has 132 valence electrons. The predicted octanol–water partition coefficient (Wildman–Crippen LogP) is 3.88. The molecule has 2 N–H and O–H groups in total. The molecule has 2 aromatic carbocycles. The van der Waals surface area contributed by atoms with Gasteiger partial charge in [0.1, 0.15) is 11.6 Å². The number of nitrogens with two attached hydrogens (primary N) is 1. The van der Waals surface area contributed by atoms with E-state index < -0.39 is 0 Å². The van der Waals surface area contributed by atoms with Crippen LogP contribution in [0.25, 0.3) is 22.6 Å². The fourth-order valence-corrected chi connectivity index (χ4v) is 3.21. The van der Waals surface area contributed by atoms with Crippen LogP contribution in [0.1, 0.15) is 12.8 Å². The molecule has 0 saturated carbocycles. The molecule has 1 saturated heterocycles. The predicted molar refractivity (Wildman–Crippen MR) is 102 cm³/mol. The smallest absolute Gasteiger partial charge is 0.162 e. The molecule has 1 aromatic heterocycles. The van der Waals surface area contributed by atoms with E-state index in [-0.39, 0.29) is 11.9 Å². The van der Waals surface area contributed by atoms with Gasteiger partial charge in [-0.15, -0.1) is 0 Å². The van der Waals surface area contributed by atoms with Crippen LogP contribution in [-0.2, 0) is 0 Å². The molecule has 5 heteroatoms. The molecule has 0 spiro atoms. The molecular weight excluding hydrogens is 327 g/mol. The summed E-state index contributed by atoms with van der Waals surface area (Å²) >= 11 is 0. The molecule has 3 aromatic rings. The van der Waals surface area contributed by atoms with Crippen LogP contribution in [0.15, 0.2) is 60.7 Å². The summed E-state index contributed by atoms with van der Waals surface area (Å²) in [4.78, 5) is 11.7. The van der Waals surface area contributed by atoms with Crippen LogP contribution < -0.4 is 10.6 Å². The number of anilines is 1. The van der Waals surface area contributed by atoms with Crippen LogP contribution in [0.3, 0.4) is 0 Å². The van der Waals surface area contributed by atoms with Crippen molar-refractivity contribution in [3.05, 3.63) is 66.5 Å². The van der Waals surface area contributed by atoms with E-state index in [9.17, 15) is 4.39 Å². The van der Waals surface area contributed by atoms with Gasteiger partial charge in [-0.05, 0) is 37.1 Å². The summed E-state index contributed by atoms with van der Waals surface area (Å²) in [5, 5.41) is 0. The van der Waals surface area contributed by atoms with Crippen molar-refractivity contribution in [1.82, 2.24) is 9.97 Å². The normalized spacial score (nSPS) is 15.2. The molecule has 0 amide bonds.